The van der Waals surface area contributed by atoms with E-state index >= 15 is 0 Å². The number of nitro benzene ring substituents is 1. The Hall–Kier alpha value is -3.55. The summed E-state index contributed by atoms with van der Waals surface area (Å²) < 4.78 is 0. The van der Waals surface area contributed by atoms with Crippen LogP contribution in [0, 0.1) is 17.0 Å². The van der Waals surface area contributed by atoms with Crippen molar-refractivity contribution in [2.45, 2.75) is 19.9 Å². The molecule has 3 rings (SSSR count). The largest absolute Gasteiger partial charge is 0.324 e. The van der Waals surface area contributed by atoms with Crippen LogP contribution in [-0.4, -0.2) is 33.6 Å². The van der Waals surface area contributed by atoms with E-state index in [4.69, 9.17) is 0 Å². The van der Waals surface area contributed by atoms with E-state index in [2.05, 4.69) is 5.32 Å². The number of aryl methyl sites for hydroxylation is 1. The monoisotopic (exact) mass is 353 g/mol. The van der Waals surface area contributed by atoms with Gasteiger partial charge in [0.1, 0.15) is 6.04 Å². The number of nitro groups is 1. The molecule has 0 aromatic heterocycles. The molecule has 132 valence electrons. The molecule has 3 amide bonds. The molecule has 8 heteroatoms. The van der Waals surface area contributed by atoms with E-state index in [0.29, 0.717) is 5.56 Å². The lowest BCUT2D eigenvalue weighted by Crippen LogP contribution is -2.45. The van der Waals surface area contributed by atoms with Crippen molar-refractivity contribution in [3.05, 3.63) is 69.3 Å². The average molecular weight is 353 g/mol. The van der Waals surface area contributed by atoms with Crippen LogP contribution < -0.4 is 5.32 Å². The summed E-state index contributed by atoms with van der Waals surface area (Å²) in [5.41, 5.74) is 1.22. The summed E-state index contributed by atoms with van der Waals surface area (Å²) in [6, 6.07) is 9.37. The number of benzene rings is 2. The molecular weight excluding hydrogens is 338 g/mol. The van der Waals surface area contributed by atoms with Crippen molar-refractivity contribution in [1.29, 1.82) is 0 Å². The number of hydrogen-bond acceptors (Lipinski definition) is 5. The van der Waals surface area contributed by atoms with Gasteiger partial charge in [-0.15, -0.1) is 0 Å². The lowest BCUT2D eigenvalue weighted by molar-refractivity contribution is -0.384. The molecule has 1 heterocycles. The van der Waals surface area contributed by atoms with E-state index in [1.807, 2.05) is 0 Å². The molecular formula is C18H15N3O5. The van der Waals surface area contributed by atoms with Crippen LogP contribution in [-0.2, 0) is 4.79 Å². The van der Waals surface area contributed by atoms with Crippen LogP contribution in [0.4, 0.5) is 11.4 Å². The standard InChI is InChI=1S/C18H15N3O5/c1-10-7-8-12(21(25)26)9-15(10)19-16(22)11(2)20-17(23)13-5-3-4-6-14(13)18(20)24/h3-9,11H,1-2H3,(H,19,22). The third kappa shape index (κ3) is 2.81. The number of carbonyl (C=O) groups is 3. The number of fused-ring (bicyclic) bond motifs is 1. The molecule has 0 aliphatic carbocycles. The molecule has 0 saturated heterocycles. The van der Waals surface area contributed by atoms with Gasteiger partial charge in [0.25, 0.3) is 17.5 Å². The van der Waals surface area contributed by atoms with Gasteiger partial charge in [0, 0.05) is 12.1 Å². The first-order chi connectivity index (χ1) is 12.3. The number of hydrogen-bond donors (Lipinski definition) is 1. The van der Waals surface area contributed by atoms with Gasteiger partial charge >= 0.3 is 0 Å². The normalized spacial score (nSPS) is 14.2. The molecule has 1 atom stereocenters. The summed E-state index contributed by atoms with van der Waals surface area (Å²) in [6.45, 7) is 3.12. The maximum Gasteiger partial charge on any atom is 0.271 e. The van der Waals surface area contributed by atoms with Gasteiger partial charge in [-0.2, -0.15) is 0 Å². The van der Waals surface area contributed by atoms with Gasteiger partial charge in [0.15, 0.2) is 0 Å². The highest BCUT2D eigenvalue weighted by Crippen LogP contribution is 2.26. The van der Waals surface area contributed by atoms with E-state index in [-0.39, 0.29) is 22.5 Å². The van der Waals surface area contributed by atoms with E-state index in [1.54, 1.807) is 19.1 Å². The fourth-order valence-corrected chi connectivity index (χ4v) is 2.77. The Morgan fingerprint density at radius 3 is 2.23 bits per heavy atom. The fraction of sp³-hybridized carbons (Fsp3) is 0.167. The average Bonchev–Trinajstić information content (AvgIpc) is 2.87. The van der Waals surface area contributed by atoms with Gasteiger partial charge in [-0.05, 0) is 31.5 Å². The van der Waals surface area contributed by atoms with E-state index in [0.717, 1.165) is 4.90 Å². The van der Waals surface area contributed by atoms with E-state index in [1.165, 1.54) is 37.3 Å². The second kappa shape index (κ2) is 6.40. The molecule has 0 saturated carbocycles. The Morgan fingerprint density at radius 1 is 1.12 bits per heavy atom. The third-order valence-corrected chi connectivity index (χ3v) is 4.28. The van der Waals surface area contributed by atoms with Gasteiger partial charge < -0.3 is 5.32 Å². The summed E-state index contributed by atoms with van der Waals surface area (Å²) in [7, 11) is 0. The molecule has 2 aromatic carbocycles. The van der Waals surface area contributed by atoms with Crippen molar-refractivity contribution in [3.8, 4) is 0 Å². The van der Waals surface area contributed by atoms with Crippen LogP contribution in [0.25, 0.3) is 0 Å². The molecule has 0 spiro atoms. The predicted molar refractivity (Wildman–Crippen MR) is 92.9 cm³/mol. The van der Waals surface area contributed by atoms with Gasteiger partial charge in [-0.1, -0.05) is 18.2 Å². The van der Waals surface area contributed by atoms with Crippen LogP contribution in [0.5, 0.6) is 0 Å². The maximum absolute atomic E-state index is 12.5. The topological polar surface area (TPSA) is 110 Å². The maximum atomic E-state index is 12.5. The fourth-order valence-electron chi connectivity index (χ4n) is 2.77. The molecule has 1 aliphatic heterocycles. The van der Waals surface area contributed by atoms with Gasteiger partial charge in [-0.25, -0.2) is 0 Å². The molecule has 0 radical (unpaired) electrons. The third-order valence-electron chi connectivity index (χ3n) is 4.28. The van der Waals surface area contributed by atoms with Crippen molar-refractivity contribution in [3.63, 3.8) is 0 Å². The van der Waals surface area contributed by atoms with Crippen LogP contribution >= 0.6 is 0 Å². The number of imide groups is 1. The number of amides is 3. The van der Waals surface area contributed by atoms with Gasteiger partial charge in [0.05, 0.1) is 21.7 Å². The summed E-state index contributed by atoms with van der Waals surface area (Å²) in [5, 5.41) is 13.5. The summed E-state index contributed by atoms with van der Waals surface area (Å²) >= 11 is 0. The Kier molecular flexibility index (Phi) is 4.25. The number of carbonyl (C=O) groups excluding carboxylic acids is 3. The van der Waals surface area contributed by atoms with Gasteiger partial charge in [0.2, 0.25) is 5.91 Å². The minimum atomic E-state index is -1.07. The Labute approximate surface area is 148 Å². The molecule has 0 fully saturated rings. The van der Waals surface area contributed by atoms with Crippen LogP contribution in [0.3, 0.4) is 0 Å². The minimum absolute atomic E-state index is 0.167. The van der Waals surface area contributed by atoms with E-state index in [9.17, 15) is 24.5 Å². The predicted octanol–water partition coefficient (Wildman–Crippen LogP) is 2.53. The first kappa shape index (κ1) is 17.3. The molecule has 1 unspecified atom stereocenters. The zero-order valence-electron chi connectivity index (χ0n) is 14.1. The smallest absolute Gasteiger partial charge is 0.271 e. The van der Waals surface area contributed by atoms with Crippen LogP contribution in [0.2, 0.25) is 0 Å². The number of rotatable bonds is 4. The van der Waals surface area contributed by atoms with Gasteiger partial charge in [-0.3, -0.25) is 29.4 Å². The highest BCUT2D eigenvalue weighted by molar-refractivity contribution is 6.23. The zero-order valence-corrected chi connectivity index (χ0v) is 14.1. The Morgan fingerprint density at radius 2 is 1.69 bits per heavy atom. The lowest BCUT2D eigenvalue weighted by Gasteiger charge is -2.22. The SMILES string of the molecule is Cc1ccc([N+](=O)[O-])cc1NC(=O)C(C)N1C(=O)c2ccccc2C1=O. The highest BCUT2D eigenvalue weighted by atomic mass is 16.6. The molecule has 2 aromatic rings. The van der Waals surface area contributed by atoms with Crippen molar-refractivity contribution < 1.29 is 19.3 Å². The molecule has 0 bridgehead atoms. The molecule has 8 nitrogen and oxygen atoms in total. The first-order valence-corrected chi connectivity index (χ1v) is 7.84. The summed E-state index contributed by atoms with van der Waals surface area (Å²) in [5.74, 6) is -1.68. The number of non-ortho nitro benzene ring substituents is 1. The Bertz CT molecular complexity index is 919. The highest BCUT2D eigenvalue weighted by Gasteiger charge is 2.40. The quantitative estimate of drug-likeness (QED) is 0.516. The van der Waals surface area contributed by atoms with Crippen molar-refractivity contribution >= 4 is 29.1 Å². The van der Waals surface area contributed by atoms with Crippen LogP contribution in [0.1, 0.15) is 33.2 Å². The number of nitrogens with one attached hydrogen (secondary N) is 1. The lowest BCUT2D eigenvalue weighted by atomic mass is 10.1. The Balaban J connectivity index is 1.84. The van der Waals surface area contributed by atoms with Crippen molar-refractivity contribution in [2.24, 2.45) is 0 Å². The zero-order chi connectivity index (χ0) is 19.0. The summed E-state index contributed by atoms with van der Waals surface area (Å²) in [6.07, 6.45) is 0. The van der Waals surface area contributed by atoms with Crippen LogP contribution in [0.15, 0.2) is 42.5 Å². The summed E-state index contributed by atoms with van der Waals surface area (Å²) in [4.78, 5) is 48.7. The van der Waals surface area contributed by atoms with E-state index < -0.39 is 28.7 Å². The number of nitrogens with zero attached hydrogens (tertiary/aromatic N) is 2. The second-order valence-electron chi connectivity index (χ2n) is 5.95. The second-order valence-corrected chi connectivity index (χ2v) is 5.95. The minimum Gasteiger partial charge on any atom is -0.324 e. The number of anilines is 1. The molecule has 1 aliphatic rings. The molecule has 1 N–H and O–H groups in total. The van der Waals surface area contributed by atoms with Crippen molar-refractivity contribution in [2.75, 3.05) is 5.32 Å². The first-order valence-electron chi connectivity index (χ1n) is 7.84. The molecule has 26 heavy (non-hydrogen) atoms. The van der Waals surface area contributed by atoms with Crippen molar-refractivity contribution in [1.82, 2.24) is 4.90 Å².